The van der Waals surface area contributed by atoms with Crippen LogP contribution in [0.15, 0.2) is 77.9 Å². The molecule has 2 heterocycles. The first kappa shape index (κ1) is 18.0. The molecule has 28 heavy (non-hydrogen) atoms. The van der Waals surface area contributed by atoms with Gasteiger partial charge < -0.3 is 14.0 Å². The molecule has 5 heteroatoms. The molecular weight excluding hydrogens is 352 g/mol. The molecule has 3 aromatic rings. The van der Waals surface area contributed by atoms with Crippen LogP contribution in [0, 0.1) is 0 Å². The van der Waals surface area contributed by atoms with E-state index in [2.05, 4.69) is 17.1 Å². The minimum atomic E-state index is -0.374. The van der Waals surface area contributed by atoms with Gasteiger partial charge in [-0.05, 0) is 42.3 Å². The average molecular weight is 374 g/mol. The summed E-state index contributed by atoms with van der Waals surface area (Å²) in [6.07, 6.45) is 1.94. The lowest BCUT2D eigenvalue weighted by Gasteiger charge is -2.19. The minimum Gasteiger partial charge on any atom is -0.486 e. The van der Waals surface area contributed by atoms with Gasteiger partial charge in [0.05, 0.1) is 5.92 Å². The van der Waals surface area contributed by atoms with Gasteiger partial charge in [0.2, 0.25) is 0 Å². The smallest absolute Gasteiger partial charge is 0.254 e. The number of carbonyl (C=O) groups excluding carboxylic acids is 1. The van der Waals surface area contributed by atoms with Gasteiger partial charge >= 0.3 is 0 Å². The molecule has 142 valence electrons. The fourth-order valence-corrected chi connectivity index (χ4v) is 3.16. The van der Waals surface area contributed by atoms with Gasteiger partial charge in [0.25, 0.3) is 5.91 Å². The summed E-state index contributed by atoms with van der Waals surface area (Å²) in [4.78, 5) is 17.2. The second-order valence-corrected chi connectivity index (χ2v) is 6.75. The molecule has 1 atom stereocenters. The van der Waals surface area contributed by atoms with Crippen LogP contribution in [0.25, 0.3) is 0 Å². The standard InChI is InChI=1S/C23H22N2O3/c1-17(19-10-11-20-21(15-19)28-14-13-27-20)23(26)24-22-9-5-6-12-25(22)16-18-7-3-2-4-8-18/h2-12,15,17H,13-14,16H2,1H3. The Balaban J connectivity index is 1.59. The fraction of sp³-hybridized carbons (Fsp3) is 0.217. The van der Waals surface area contributed by atoms with Crippen LogP contribution in [-0.2, 0) is 11.3 Å². The molecule has 4 rings (SSSR count). The van der Waals surface area contributed by atoms with Gasteiger partial charge in [0, 0.05) is 12.7 Å². The van der Waals surface area contributed by atoms with Gasteiger partial charge in [-0.2, -0.15) is 4.99 Å². The van der Waals surface area contributed by atoms with Crippen LogP contribution in [0.4, 0.5) is 0 Å². The van der Waals surface area contributed by atoms with E-state index < -0.39 is 0 Å². The van der Waals surface area contributed by atoms with Crippen molar-refractivity contribution in [2.45, 2.75) is 19.4 Å². The lowest BCUT2D eigenvalue weighted by Crippen LogP contribution is -2.23. The fourth-order valence-electron chi connectivity index (χ4n) is 3.16. The van der Waals surface area contributed by atoms with Crippen LogP contribution >= 0.6 is 0 Å². The zero-order valence-corrected chi connectivity index (χ0v) is 15.7. The van der Waals surface area contributed by atoms with Crippen LogP contribution < -0.4 is 15.0 Å². The number of ether oxygens (including phenoxy) is 2. The highest BCUT2D eigenvalue weighted by atomic mass is 16.6. The zero-order valence-electron chi connectivity index (χ0n) is 15.7. The van der Waals surface area contributed by atoms with E-state index in [0.29, 0.717) is 31.0 Å². The predicted octanol–water partition coefficient (Wildman–Crippen LogP) is 3.54. The summed E-state index contributed by atoms with van der Waals surface area (Å²) in [6, 6.07) is 21.4. The number of hydrogen-bond donors (Lipinski definition) is 0. The number of fused-ring (bicyclic) bond motifs is 1. The van der Waals surface area contributed by atoms with E-state index in [1.807, 2.05) is 72.3 Å². The van der Waals surface area contributed by atoms with E-state index in [-0.39, 0.29) is 11.8 Å². The van der Waals surface area contributed by atoms with Crippen LogP contribution in [0.1, 0.15) is 24.0 Å². The normalized spacial score (nSPS) is 14.5. The molecule has 0 saturated carbocycles. The number of amides is 1. The lowest BCUT2D eigenvalue weighted by atomic mass is 10.00. The monoisotopic (exact) mass is 374 g/mol. The Morgan fingerprint density at radius 2 is 1.75 bits per heavy atom. The maximum atomic E-state index is 12.8. The maximum Gasteiger partial charge on any atom is 0.254 e. The maximum absolute atomic E-state index is 12.8. The van der Waals surface area contributed by atoms with Crippen molar-refractivity contribution in [3.63, 3.8) is 0 Å². The second kappa shape index (κ2) is 8.13. The number of benzene rings is 2. The van der Waals surface area contributed by atoms with Crippen molar-refractivity contribution in [3.05, 3.63) is 89.5 Å². The largest absolute Gasteiger partial charge is 0.486 e. The van der Waals surface area contributed by atoms with Crippen molar-refractivity contribution >= 4 is 5.91 Å². The van der Waals surface area contributed by atoms with E-state index in [9.17, 15) is 4.79 Å². The average Bonchev–Trinajstić information content (AvgIpc) is 2.75. The highest BCUT2D eigenvalue weighted by molar-refractivity contribution is 5.84. The van der Waals surface area contributed by atoms with Gasteiger partial charge in [-0.3, -0.25) is 4.79 Å². The summed E-state index contributed by atoms with van der Waals surface area (Å²) < 4.78 is 13.2. The van der Waals surface area contributed by atoms with Gasteiger partial charge in [-0.1, -0.05) is 42.5 Å². The number of carbonyl (C=O) groups is 1. The third kappa shape index (κ3) is 3.98. The van der Waals surface area contributed by atoms with Crippen molar-refractivity contribution in [2.24, 2.45) is 4.99 Å². The molecule has 0 saturated heterocycles. The molecular formula is C23H22N2O3. The third-order valence-electron chi connectivity index (χ3n) is 4.77. The van der Waals surface area contributed by atoms with Crippen LogP contribution in [0.3, 0.4) is 0 Å². The van der Waals surface area contributed by atoms with Crippen LogP contribution in [0.2, 0.25) is 0 Å². The van der Waals surface area contributed by atoms with Crippen molar-refractivity contribution in [1.82, 2.24) is 4.57 Å². The lowest BCUT2D eigenvalue weighted by molar-refractivity contribution is -0.119. The molecule has 0 aliphatic carbocycles. The quantitative estimate of drug-likeness (QED) is 0.702. The van der Waals surface area contributed by atoms with Gasteiger partial charge in [-0.15, -0.1) is 0 Å². The molecule has 1 unspecified atom stereocenters. The summed E-state index contributed by atoms with van der Waals surface area (Å²) in [5.41, 5.74) is 2.66. The third-order valence-corrected chi connectivity index (χ3v) is 4.77. The summed E-state index contributed by atoms with van der Waals surface area (Å²) in [5, 5.41) is 0. The number of pyridine rings is 1. The first-order chi connectivity index (χ1) is 13.7. The molecule has 2 aromatic carbocycles. The zero-order chi connectivity index (χ0) is 19.3. The Hall–Kier alpha value is -3.34. The molecule has 0 N–H and O–H groups in total. The first-order valence-electron chi connectivity index (χ1n) is 9.38. The van der Waals surface area contributed by atoms with Crippen molar-refractivity contribution in [1.29, 1.82) is 0 Å². The Labute approximate surface area is 163 Å². The molecule has 0 radical (unpaired) electrons. The highest BCUT2D eigenvalue weighted by Crippen LogP contribution is 2.33. The second-order valence-electron chi connectivity index (χ2n) is 6.75. The summed E-state index contributed by atoms with van der Waals surface area (Å²) in [6.45, 7) is 3.59. The number of nitrogens with zero attached hydrogens (tertiary/aromatic N) is 2. The van der Waals surface area contributed by atoms with Crippen molar-refractivity contribution < 1.29 is 14.3 Å². The molecule has 0 bridgehead atoms. The van der Waals surface area contributed by atoms with Gasteiger partial charge in [-0.25, -0.2) is 0 Å². The van der Waals surface area contributed by atoms with E-state index in [4.69, 9.17) is 9.47 Å². The molecule has 1 aliphatic heterocycles. The van der Waals surface area contributed by atoms with E-state index in [0.717, 1.165) is 16.9 Å². The first-order valence-corrected chi connectivity index (χ1v) is 9.38. The summed E-state index contributed by atoms with van der Waals surface area (Å²) >= 11 is 0. The summed E-state index contributed by atoms with van der Waals surface area (Å²) in [5.74, 6) is 0.837. The van der Waals surface area contributed by atoms with Gasteiger partial charge in [0.1, 0.15) is 18.7 Å². The molecule has 5 nitrogen and oxygen atoms in total. The van der Waals surface area contributed by atoms with E-state index in [1.54, 1.807) is 0 Å². The predicted molar refractivity (Wildman–Crippen MR) is 106 cm³/mol. The number of hydrogen-bond acceptors (Lipinski definition) is 3. The minimum absolute atomic E-state index is 0.190. The SMILES string of the molecule is CC(C(=O)N=c1ccccn1Cc1ccccc1)c1ccc2c(c1)OCCO2. The Morgan fingerprint density at radius 1 is 1.00 bits per heavy atom. The van der Waals surface area contributed by atoms with Gasteiger partial charge in [0.15, 0.2) is 11.5 Å². The Morgan fingerprint density at radius 3 is 2.57 bits per heavy atom. The van der Waals surface area contributed by atoms with E-state index >= 15 is 0 Å². The van der Waals surface area contributed by atoms with Crippen LogP contribution in [0.5, 0.6) is 11.5 Å². The molecule has 0 spiro atoms. The number of aromatic nitrogens is 1. The Kier molecular flexibility index (Phi) is 5.24. The summed E-state index contributed by atoms with van der Waals surface area (Å²) in [7, 11) is 0. The van der Waals surface area contributed by atoms with E-state index in [1.165, 1.54) is 0 Å². The molecule has 0 fully saturated rings. The Bertz CT molecular complexity index is 1040. The van der Waals surface area contributed by atoms with Crippen LogP contribution in [-0.4, -0.2) is 23.7 Å². The molecule has 1 aromatic heterocycles. The van der Waals surface area contributed by atoms with Crippen molar-refractivity contribution in [3.8, 4) is 11.5 Å². The van der Waals surface area contributed by atoms with Crippen molar-refractivity contribution in [2.75, 3.05) is 13.2 Å². The number of rotatable bonds is 4. The molecule has 1 aliphatic rings. The highest BCUT2D eigenvalue weighted by Gasteiger charge is 2.19. The molecule has 1 amide bonds. The topological polar surface area (TPSA) is 52.8 Å².